The van der Waals surface area contributed by atoms with Gasteiger partial charge in [0.15, 0.2) is 5.82 Å². The largest absolute Gasteiger partial charge is 0.477 e. The van der Waals surface area contributed by atoms with Crippen molar-refractivity contribution in [3.05, 3.63) is 53.2 Å². The Morgan fingerprint density at radius 3 is 2.83 bits per heavy atom. The molecule has 3 aliphatic heterocycles. The molecule has 2 fully saturated rings. The Bertz CT molecular complexity index is 1320. The Morgan fingerprint density at radius 2 is 1.98 bits per heavy atom. The predicted molar refractivity (Wildman–Crippen MR) is 164 cm³/mol. The van der Waals surface area contributed by atoms with Gasteiger partial charge in [0.25, 0.3) is 5.91 Å². The molecule has 2 atom stereocenters. The lowest BCUT2D eigenvalue weighted by atomic mass is 9.93. The minimum Gasteiger partial charge on any atom is -0.477 e. The number of carbonyl (C=O) groups excluding carboxylic acids is 1. The van der Waals surface area contributed by atoms with Crippen molar-refractivity contribution in [2.45, 2.75) is 83.3 Å². The van der Waals surface area contributed by atoms with Gasteiger partial charge in [0.1, 0.15) is 11.5 Å². The van der Waals surface area contributed by atoms with E-state index in [0.717, 1.165) is 49.7 Å². The monoisotopic (exact) mass is 577 g/mol. The highest BCUT2D eigenvalue weighted by atomic mass is 32.2. The third-order valence-electron chi connectivity index (χ3n) is 8.97. The van der Waals surface area contributed by atoms with E-state index in [1.54, 1.807) is 4.68 Å². The molecule has 4 aliphatic rings. The van der Waals surface area contributed by atoms with E-state index in [9.17, 15) is 4.79 Å². The number of ether oxygens (including phenoxy) is 1. The first-order chi connectivity index (χ1) is 19.8. The lowest BCUT2D eigenvalue weighted by Crippen LogP contribution is -2.53. The maximum absolute atomic E-state index is 13.6. The molecule has 0 aromatic carbocycles. The molecule has 1 saturated heterocycles. The molecule has 3 N–H and O–H groups in total. The highest BCUT2D eigenvalue weighted by molar-refractivity contribution is 8.01. The summed E-state index contributed by atoms with van der Waals surface area (Å²) in [4.78, 5) is 21.0. The summed E-state index contributed by atoms with van der Waals surface area (Å²) in [5.41, 5.74) is 0.0923. The van der Waals surface area contributed by atoms with Crippen molar-refractivity contribution in [2.75, 3.05) is 24.6 Å². The fourth-order valence-electron chi connectivity index (χ4n) is 6.77. The predicted octanol–water partition coefficient (Wildman–Crippen LogP) is 5.31. The molecule has 6 rings (SSSR count). The number of nitrogens with zero attached hydrogens (tertiary/aromatic N) is 4. The summed E-state index contributed by atoms with van der Waals surface area (Å²) < 4.78 is 10.8. The van der Waals surface area contributed by atoms with Gasteiger partial charge in [-0.2, -0.15) is 0 Å². The number of amides is 1. The van der Waals surface area contributed by atoms with Crippen LogP contribution in [0.15, 0.2) is 47.7 Å². The number of hydrogen-bond donors (Lipinski definition) is 3. The first-order valence-electron chi connectivity index (χ1n) is 15.2. The highest BCUT2D eigenvalue weighted by Gasteiger charge is 2.40. The number of pyridine rings is 1. The van der Waals surface area contributed by atoms with Gasteiger partial charge < -0.3 is 15.0 Å². The topological polar surface area (TPSA) is 96.3 Å². The molecule has 2 aromatic heterocycles. The highest BCUT2D eigenvalue weighted by Crippen LogP contribution is 2.40. The molecule has 41 heavy (non-hydrogen) atoms. The quantitative estimate of drug-likeness (QED) is 0.412. The molecule has 4 bridgehead atoms. The number of allylic oxidation sites excluding steroid dienone is 2. The van der Waals surface area contributed by atoms with E-state index in [2.05, 4.69) is 52.2 Å². The maximum atomic E-state index is 13.6. The summed E-state index contributed by atoms with van der Waals surface area (Å²) >= 11 is 1.30. The molecule has 0 radical (unpaired) electrons. The van der Waals surface area contributed by atoms with Crippen LogP contribution in [0.5, 0.6) is 5.88 Å². The van der Waals surface area contributed by atoms with Crippen LogP contribution in [0, 0.1) is 11.8 Å². The zero-order valence-corrected chi connectivity index (χ0v) is 25.3. The normalized spacial score (nSPS) is 26.4. The Balaban J connectivity index is 1.26. The molecule has 1 aliphatic carbocycles. The van der Waals surface area contributed by atoms with E-state index in [1.807, 2.05) is 36.5 Å². The third kappa shape index (κ3) is 6.43. The van der Waals surface area contributed by atoms with Gasteiger partial charge in [-0.15, -0.1) is 5.10 Å². The number of dihydropyridines is 1. The van der Waals surface area contributed by atoms with Crippen LogP contribution in [-0.4, -0.2) is 51.6 Å². The van der Waals surface area contributed by atoms with Gasteiger partial charge in [0, 0.05) is 36.3 Å². The van der Waals surface area contributed by atoms with Gasteiger partial charge in [-0.3, -0.25) is 14.8 Å². The first kappa shape index (κ1) is 28.2. The summed E-state index contributed by atoms with van der Waals surface area (Å²) in [5, 5.41) is 12.7. The second-order valence-corrected chi connectivity index (χ2v) is 13.6. The zero-order valence-electron chi connectivity index (χ0n) is 24.5. The standard InChI is InChI=1S/C31H43N7O2S/c1-30(2)20-23-10-7-17-32-31(3)16-6-11-27(34-31)41-36-29(39)24-12-13-25(33-28(24)37(30)21-23)38-18-14-26(35-38)40-19-15-22-8-4-5-9-22/h6,11-14,16,18,22-23,32,34H,4-5,7-10,15,17,19-21H2,1-3H3,(H,36,39). The van der Waals surface area contributed by atoms with Crippen LogP contribution < -0.4 is 25.0 Å². The number of fused-ring (bicyclic) bond motifs is 6. The smallest absolute Gasteiger partial charge is 0.265 e. The number of aromatic nitrogens is 3. The van der Waals surface area contributed by atoms with Crippen molar-refractivity contribution in [2.24, 2.45) is 11.8 Å². The number of hydrogen-bond acceptors (Lipinski definition) is 8. The van der Waals surface area contributed by atoms with Gasteiger partial charge in [-0.1, -0.05) is 31.8 Å². The van der Waals surface area contributed by atoms with Crippen LogP contribution in [0.1, 0.15) is 82.5 Å². The Morgan fingerprint density at radius 1 is 1.12 bits per heavy atom. The average Bonchev–Trinajstić information content (AvgIpc) is 3.70. The van der Waals surface area contributed by atoms with Crippen LogP contribution in [-0.2, 0) is 0 Å². The molecule has 9 nitrogen and oxygen atoms in total. The molecule has 2 unspecified atom stereocenters. The van der Waals surface area contributed by atoms with E-state index in [0.29, 0.717) is 35.6 Å². The second kappa shape index (κ2) is 11.7. The fraction of sp³-hybridized carbons (Fsp3) is 0.581. The van der Waals surface area contributed by atoms with Crippen molar-refractivity contribution >= 4 is 23.7 Å². The van der Waals surface area contributed by atoms with E-state index < -0.39 is 0 Å². The summed E-state index contributed by atoms with van der Waals surface area (Å²) in [5.74, 6) is 3.13. The molecule has 220 valence electrons. The van der Waals surface area contributed by atoms with E-state index in [-0.39, 0.29) is 17.1 Å². The fourth-order valence-corrected chi connectivity index (χ4v) is 7.49. The average molecular weight is 578 g/mol. The van der Waals surface area contributed by atoms with Crippen LogP contribution in [0.2, 0.25) is 0 Å². The van der Waals surface area contributed by atoms with E-state index in [4.69, 9.17) is 9.72 Å². The maximum Gasteiger partial charge on any atom is 0.265 e. The van der Waals surface area contributed by atoms with Crippen molar-refractivity contribution in [3.63, 3.8) is 0 Å². The summed E-state index contributed by atoms with van der Waals surface area (Å²) in [7, 11) is 0. The number of rotatable bonds is 5. The van der Waals surface area contributed by atoms with Gasteiger partial charge in [0.05, 0.1) is 17.2 Å². The van der Waals surface area contributed by atoms with Crippen molar-refractivity contribution < 1.29 is 9.53 Å². The van der Waals surface area contributed by atoms with Crippen molar-refractivity contribution in [1.82, 2.24) is 30.1 Å². The zero-order chi connectivity index (χ0) is 28.5. The summed E-state index contributed by atoms with van der Waals surface area (Å²) in [6.07, 6.45) is 17.7. The number of nitrogens with one attached hydrogen (secondary N) is 3. The number of anilines is 1. The third-order valence-corrected chi connectivity index (χ3v) is 9.71. The first-order valence-corrected chi connectivity index (χ1v) is 16.0. The van der Waals surface area contributed by atoms with Crippen LogP contribution in [0.4, 0.5) is 5.82 Å². The van der Waals surface area contributed by atoms with E-state index >= 15 is 0 Å². The van der Waals surface area contributed by atoms with Gasteiger partial charge in [-0.05, 0) is 89.1 Å². The molecule has 10 heteroatoms. The Labute approximate surface area is 247 Å². The molecule has 1 amide bonds. The van der Waals surface area contributed by atoms with Crippen molar-refractivity contribution in [3.8, 4) is 11.7 Å². The summed E-state index contributed by atoms with van der Waals surface area (Å²) in [6.45, 7) is 9.11. The number of carbonyl (C=O) groups is 1. The summed E-state index contributed by atoms with van der Waals surface area (Å²) in [6, 6.07) is 5.65. The van der Waals surface area contributed by atoms with Crippen molar-refractivity contribution in [1.29, 1.82) is 0 Å². The van der Waals surface area contributed by atoms with Gasteiger partial charge >= 0.3 is 0 Å². The molecular weight excluding hydrogens is 534 g/mol. The Kier molecular flexibility index (Phi) is 8.05. The van der Waals surface area contributed by atoms with Crippen LogP contribution in [0.3, 0.4) is 0 Å². The molecule has 5 heterocycles. The van der Waals surface area contributed by atoms with Gasteiger partial charge in [-0.25, -0.2) is 9.67 Å². The molecule has 2 aromatic rings. The molecular formula is C31H43N7O2S. The Hall–Kier alpha value is -2.98. The molecule has 1 saturated carbocycles. The van der Waals surface area contributed by atoms with Crippen LogP contribution >= 0.6 is 11.9 Å². The lowest BCUT2D eigenvalue weighted by molar-refractivity contribution is 0.0984. The minimum atomic E-state index is -0.347. The van der Waals surface area contributed by atoms with E-state index in [1.165, 1.54) is 37.6 Å². The van der Waals surface area contributed by atoms with Gasteiger partial charge in [0.2, 0.25) is 5.88 Å². The molecule has 0 spiro atoms. The minimum absolute atomic E-state index is 0.128. The van der Waals surface area contributed by atoms with Crippen LogP contribution in [0.25, 0.3) is 5.82 Å². The second-order valence-electron chi connectivity index (χ2n) is 12.7. The SMILES string of the molecule is CC12C=CC=C(N1)SNC(=O)c1ccc(-n3ccc(OCCC4CCCC4)n3)nc1N1CC(CCCN2)CC1(C)C. The lowest BCUT2D eigenvalue weighted by Gasteiger charge is -2.34.